The molecule has 1 N–H and O–H groups in total. The van der Waals surface area contributed by atoms with Crippen molar-refractivity contribution < 1.29 is 4.39 Å². The highest BCUT2D eigenvalue weighted by molar-refractivity contribution is 5.45. The van der Waals surface area contributed by atoms with Crippen LogP contribution in [-0.2, 0) is 13.0 Å². The maximum Gasteiger partial charge on any atom is 0.224 e. The van der Waals surface area contributed by atoms with Crippen molar-refractivity contribution in [2.75, 3.05) is 23.3 Å². The molecule has 3 rings (SSSR count). The maximum atomic E-state index is 13.0. The van der Waals surface area contributed by atoms with Crippen LogP contribution in [0.15, 0.2) is 60.7 Å². The summed E-state index contributed by atoms with van der Waals surface area (Å²) in [4.78, 5) is 11.4. The van der Waals surface area contributed by atoms with Gasteiger partial charge in [0, 0.05) is 31.4 Å². The lowest BCUT2D eigenvalue weighted by molar-refractivity contribution is 0.627. The molecule has 4 nitrogen and oxygen atoms in total. The summed E-state index contributed by atoms with van der Waals surface area (Å²) < 4.78 is 13.0. The van der Waals surface area contributed by atoms with Crippen molar-refractivity contribution in [3.63, 3.8) is 0 Å². The lowest BCUT2D eigenvalue weighted by atomic mass is 10.1. The van der Waals surface area contributed by atoms with Crippen LogP contribution in [0.5, 0.6) is 0 Å². The largest absolute Gasteiger partial charge is 0.354 e. The van der Waals surface area contributed by atoms with Crippen LogP contribution in [0, 0.1) is 12.7 Å². The van der Waals surface area contributed by atoms with E-state index in [-0.39, 0.29) is 5.82 Å². The first-order chi connectivity index (χ1) is 13.1. The number of aryl methyl sites for hydroxylation is 1. The number of hydrogen-bond donors (Lipinski definition) is 1. The standard InChI is InChI=1S/C22H25FN4/c1-3-27(16-19-7-5-4-6-8-19)21-15-17(2)25-22(26-21)24-14-13-18-9-11-20(23)12-10-18/h4-12,15H,3,13-14,16H2,1-2H3,(H,24,25,26). The van der Waals surface area contributed by atoms with E-state index < -0.39 is 0 Å². The van der Waals surface area contributed by atoms with E-state index in [1.165, 1.54) is 17.7 Å². The highest BCUT2D eigenvalue weighted by Crippen LogP contribution is 2.17. The molecule has 5 heteroatoms. The molecule has 0 amide bonds. The van der Waals surface area contributed by atoms with Crippen molar-refractivity contribution in [2.24, 2.45) is 0 Å². The van der Waals surface area contributed by atoms with Crippen LogP contribution in [0.25, 0.3) is 0 Å². The van der Waals surface area contributed by atoms with Crippen LogP contribution < -0.4 is 10.2 Å². The Morgan fingerprint density at radius 3 is 2.41 bits per heavy atom. The first-order valence-corrected chi connectivity index (χ1v) is 9.27. The fourth-order valence-electron chi connectivity index (χ4n) is 2.92. The van der Waals surface area contributed by atoms with E-state index >= 15 is 0 Å². The molecule has 3 aromatic rings. The van der Waals surface area contributed by atoms with E-state index in [0.717, 1.165) is 36.6 Å². The summed E-state index contributed by atoms with van der Waals surface area (Å²) >= 11 is 0. The molecule has 0 bridgehead atoms. The summed E-state index contributed by atoms with van der Waals surface area (Å²) in [5.74, 6) is 1.33. The fourth-order valence-corrected chi connectivity index (χ4v) is 2.92. The van der Waals surface area contributed by atoms with E-state index in [0.29, 0.717) is 12.5 Å². The van der Waals surface area contributed by atoms with Gasteiger partial charge in [-0.05, 0) is 43.5 Å². The Morgan fingerprint density at radius 2 is 1.70 bits per heavy atom. The smallest absolute Gasteiger partial charge is 0.224 e. The molecule has 0 aliphatic carbocycles. The second-order valence-electron chi connectivity index (χ2n) is 6.49. The lowest BCUT2D eigenvalue weighted by Gasteiger charge is -2.23. The summed E-state index contributed by atoms with van der Waals surface area (Å²) in [6.07, 6.45) is 0.786. The Bertz CT molecular complexity index is 850. The molecular weight excluding hydrogens is 339 g/mol. The summed E-state index contributed by atoms with van der Waals surface area (Å²) in [6, 6.07) is 19.0. The third-order valence-electron chi connectivity index (χ3n) is 4.37. The number of nitrogens with zero attached hydrogens (tertiary/aromatic N) is 3. The quantitative estimate of drug-likeness (QED) is 0.634. The average molecular weight is 364 g/mol. The molecule has 1 aromatic heterocycles. The van der Waals surface area contributed by atoms with Crippen molar-refractivity contribution >= 4 is 11.8 Å². The first kappa shape index (κ1) is 18.8. The molecule has 1 heterocycles. The normalized spacial score (nSPS) is 10.6. The van der Waals surface area contributed by atoms with E-state index in [1.54, 1.807) is 12.1 Å². The van der Waals surface area contributed by atoms with Crippen molar-refractivity contribution in [1.29, 1.82) is 0 Å². The second kappa shape index (κ2) is 9.12. The Kier molecular flexibility index (Phi) is 6.36. The molecular formula is C22H25FN4. The molecule has 0 aliphatic rings. The number of aromatic nitrogens is 2. The van der Waals surface area contributed by atoms with Crippen LogP contribution >= 0.6 is 0 Å². The number of hydrogen-bond acceptors (Lipinski definition) is 4. The van der Waals surface area contributed by atoms with E-state index in [1.807, 2.05) is 19.1 Å². The van der Waals surface area contributed by atoms with Crippen LogP contribution in [0.4, 0.5) is 16.2 Å². The molecule has 0 saturated heterocycles. The molecule has 0 unspecified atom stereocenters. The Labute approximate surface area is 160 Å². The molecule has 0 saturated carbocycles. The molecule has 27 heavy (non-hydrogen) atoms. The summed E-state index contributed by atoms with van der Waals surface area (Å²) in [7, 11) is 0. The van der Waals surface area contributed by atoms with Gasteiger partial charge < -0.3 is 10.2 Å². The minimum Gasteiger partial charge on any atom is -0.354 e. The third kappa shape index (κ3) is 5.51. The predicted molar refractivity (Wildman–Crippen MR) is 109 cm³/mol. The highest BCUT2D eigenvalue weighted by Gasteiger charge is 2.10. The SMILES string of the molecule is CCN(Cc1ccccc1)c1cc(C)nc(NCCc2ccc(F)cc2)n1. The molecule has 140 valence electrons. The maximum absolute atomic E-state index is 13.0. The molecule has 0 atom stereocenters. The number of nitrogens with one attached hydrogen (secondary N) is 1. The molecule has 0 spiro atoms. The van der Waals surface area contributed by atoms with Gasteiger partial charge in [0.15, 0.2) is 0 Å². The van der Waals surface area contributed by atoms with E-state index in [2.05, 4.69) is 51.4 Å². The fraction of sp³-hybridized carbons (Fsp3) is 0.273. The zero-order valence-corrected chi connectivity index (χ0v) is 15.8. The lowest BCUT2D eigenvalue weighted by Crippen LogP contribution is -2.24. The van der Waals surface area contributed by atoms with Gasteiger partial charge in [0.25, 0.3) is 0 Å². The number of halogens is 1. The Morgan fingerprint density at radius 1 is 0.963 bits per heavy atom. The van der Waals surface area contributed by atoms with Gasteiger partial charge in [0.1, 0.15) is 11.6 Å². The topological polar surface area (TPSA) is 41.1 Å². The van der Waals surface area contributed by atoms with Gasteiger partial charge in [-0.3, -0.25) is 0 Å². The molecule has 2 aromatic carbocycles. The first-order valence-electron chi connectivity index (χ1n) is 9.27. The van der Waals surface area contributed by atoms with Gasteiger partial charge in [-0.15, -0.1) is 0 Å². The van der Waals surface area contributed by atoms with Gasteiger partial charge in [-0.25, -0.2) is 9.37 Å². The van der Waals surface area contributed by atoms with Crippen LogP contribution in [0.1, 0.15) is 23.7 Å². The summed E-state index contributed by atoms with van der Waals surface area (Å²) in [5.41, 5.74) is 3.26. The van der Waals surface area contributed by atoms with Gasteiger partial charge in [0.05, 0.1) is 0 Å². The minimum atomic E-state index is -0.212. The van der Waals surface area contributed by atoms with Crippen molar-refractivity contribution in [2.45, 2.75) is 26.8 Å². The average Bonchev–Trinajstić information content (AvgIpc) is 2.68. The van der Waals surface area contributed by atoms with Crippen molar-refractivity contribution in [3.8, 4) is 0 Å². The van der Waals surface area contributed by atoms with Gasteiger partial charge in [-0.1, -0.05) is 42.5 Å². The molecule has 0 fully saturated rings. The summed E-state index contributed by atoms with van der Waals surface area (Å²) in [5, 5.41) is 3.29. The van der Waals surface area contributed by atoms with E-state index in [9.17, 15) is 4.39 Å². The molecule has 0 radical (unpaired) electrons. The van der Waals surface area contributed by atoms with Crippen LogP contribution in [0.3, 0.4) is 0 Å². The predicted octanol–water partition coefficient (Wildman–Crippen LogP) is 4.61. The van der Waals surface area contributed by atoms with Crippen molar-refractivity contribution in [3.05, 3.63) is 83.3 Å². The Balaban J connectivity index is 1.66. The van der Waals surface area contributed by atoms with Crippen LogP contribution in [-0.4, -0.2) is 23.1 Å². The van der Waals surface area contributed by atoms with Gasteiger partial charge in [-0.2, -0.15) is 4.98 Å². The zero-order valence-electron chi connectivity index (χ0n) is 15.8. The van der Waals surface area contributed by atoms with Gasteiger partial charge >= 0.3 is 0 Å². The molecule has 0 aliphatic heterocycles. The van der Waals surface area contributed by atoms with Crippen LogP contribution in [0.2, 0.25) is 0 Å². The minimum absolute atomic E-state index is 0.212. The highest BCUT2D eigenvalue weighted by atomic mass is 19.1. The Hall–Kier alpha value is -2.95. The second-order valence-corrected chi connectivity index (χ2v) is 6.49. The van der Waals surface area contributed by atoms with Crippen molar-refractivity contribution in [1.82, 2.24) is 9.97 Å². The summed E-state index contributed by atoms with van der Waals surface area (Å²) in [6.45, 7) is 6.47. The number of benzene rings is 2. The number of anilines is 2. The monoisotopic (exact) mass is 364 g/mol. The number of rotatable bonds is 8. The van der Waals surface area contributed by atoms with E-state index in [4.69, 9.17) is 0 Å². The zero-order chi connectivity index (χ0) is 19.1. The van der Waals surface area contributed by atoms with Gasteiger partial charge in [0.2, 0.25) is 5.95 Å². The third-order valence-corrected chi connectivity index (χ3v) is 4.37.